The summed E-state index contributed by atoms with van der Waals surface area (Å²) < 4.78 is 70.5. The van der Waals surface area contributed by atoms with E-state index in [0.717, 1.165) is 17.7 Å². The minimum Gasteiger partial charge on any atom is -0.464 e. The summed E-state index contributed by atoms with van der Waals surface area (Å²) in [6, 6.07) is 5.17. The molecule has 1 aromatic carbocycles. The Kier molecular flexibility index (Phi) is 6.22. The minimum atomic E-state index is -5.19. The molecule has 0 bridgehead atoms. The highest BCUT2D eigenvalue weighted by atomic mass is 79.9. The summed E-state index contributed by atoms with van der Waals surface area (Å²) in [5, 5.41) is -1.02. The van der Waals surface area contributed by atoms with Crippen molar-refractivity contribution in [3.63, 3.8) is 0 Å². The number of nitrogens with one attached hydrogen (secondary N) is 1. The largest absolute Gasteiger partial charge is 0.464 e. The molecule has 0 spiro atoms. The molecular weight excluding hydrogens is 403 g/mol. The number of benzene rings is 1. The topological polar surface area (TPSA) is 72.5 Å². The van der Waals surface area contributed by atoms with Gasteiger partial charge >= 0.3 is 12.1 Å². The second-order valence-corrected chi connectivity index (χ2v) is 6.92. The maximum Gasteiger partial charge on any atom is 0.419 e. The average Bonchev–Trinajstić information content (AvgIpc) is 2.44. The van der Waals surface area contributed by atoms with Crippen LogP contribution in [0, 0.1) is 6.92 Å². The van der Waals surface area contributed by atoms with Gasteiger partial charge in [0.2, 0.25) is 15.6 Å². The number of aryl methyl sites for hydroxylation is 1. The molecule has 10 heteroatoms. The van der Waals surface area contributed by atoms with E-state index in [-0.39, 0.29) is 11.5 Å². The van der Waals surface area contributed by atoms with Crippen LogP contribution in [0.5, 0.6) is 0 Å². The normalized spacial score (nSPS) is 15.0. The highest BCUT2D eigenvalue weighted by Gasteiger charge is 2.63. The number of hydrogen-bond acceptors (Lipinski definition) is 4. The monoisotopic (exact) mass is 417 g/mol. The number of carbonyl (C=O) groups is 1. The van der Waals surface area contributed by atoms with Crippen LogP contribution in [0.3, 0.4) is 0 Å². The molecule has 1 rings (SSSR count). The zero-order valence-electron chi connectivity index (χ0n) is 12.3. The lowest BCUT2D eigenvalue weighted by molar-refractivity contribution is -0.203. The second-order valence-electron chi connectivity index (χ2n) is 4.68. The Hall–Kier alpha value is -1.13. The van der Waals surface area contributed by atoms with Crippen molar-refractivity contribution in [1.82, 2.24) is 4.72 Å². The van der Waals surface area contributed by atoms with Gasteiger partial charge in [-0.2, -0.15) is 17.9 Å². The van der Waals surface area contributed by atoms with Crippen molar-refractivity contribution in [3.8, 4) is 0 Å². The standard InChI is InChI=1S/C13H15BrF3NO4S/c1-3-22-11(19)12(8-14,13(15,16)17)18-23(20,21)10-6-4-9(2)5-7-10/h4-7,18H,3,8H2,1-2H3/t12-/m0/s1. The molecule has 0 unspecified atom stereocenters. The molecule has 5 nitrogen and oxygen atoms in total. The molecule has 0 saturated carbocycles. The van der Waals surface area contributed by atoms with E-state index < -0.39 is 33.0 Å². The smallest absolute Gasteiger partial charge is 0.419 e. The van der Waals surface area contributed by atoms with Crippen molar-refractivity contribution in [2.45, 2.75) is 30.5 Å². The predicted octanol–water partition coefficient (Wildman–Crippen LogP) is 2.53. The number of esters is 1. The van der Waals surface area contributed by atoms with E-state index in [9.17, 15) is 26.4 Å². The number of halogens is 4. The molecule has 0 radical (unpaired) electrons. The Labute approximate surface area is 140 Å². The van der Waals surface area contributed by atoms with E-state index in [1.165, 1.54) is 23.8 Å². The maximum atomic E-state index is 13.4. The number of ether oxygens (including phenoxy) is 1. The number of alkyl halides is 4. The van der Waals surface area contributed by atoms with E-state index >= 15 is 0 Å². The third-order valence-corrected chi connectivity index (χ3v) is 5.30. The molecule has 1 N–H and O–H groups in total. The molecule has 23 heavy (non-hydrogen) atoms. The first kappa shape index (κ1) is 19.9. The molecule has 130 valence electrons. The first-order valence-corrected chi connectivity index (χ1v) is 9.01. The molecule has 0 aliphatic carbocycles. The first-order valence-electron chi connectivity index (χ1n) is 6.40. The lowest BCUT2D eigenvalue weighted by Crippen LogP contribution is -2.65. The number of rotatable bonds is 6. The number of hydrogen-bond donors (Lipinski definition) is 1. The van der Waals surface area contributed by atoms with E-state index in [1.807, 2.05) is 0 Å². The lowest BCUT2D eigenvalue weighted by Gasteiger charge is -2.32. The van der Waals surface area contributed by atoms with Gasteiger partial charge in [-0.05, 0) is 26.0 Å². The van der Waals surface area contributed by atoms with Crippen LogP contribution in [-0.4, -0.2) is 38.0 Å². The zero-order chi connectivity index (χ0) is 17.9. The summed E-state index contributed by atoms with van der Waals surface area (Å²) in [4.78, 5) is 11.4. The van der Waals surface area contributed by atoms with Crippen LogP contribution in [0.25, 0.3) is 0 Å². The van der Waals surface area contributed by atoms with Gasteiger partial charge in [0.05, 0.1) is 11.5 Å². The van der Waals surface area contributed by atoms with Gasteiger partial charge in [0, 0.05) is 5.33 Å². The van der Waals surface area contributed by atoms with Gasteiger partial charge in [-0.1, -0.05) is 33.6 Å². The third-order valence-electron chi connectivity index (χ3n) is 2.95. The van der Waals surface area contributed by atoms with E-state index in [0.29, 0.717) is 0 Å². The highest BCUT2D eigenvalue weighted by Crippen LogP contribution is 2.34. The SMILES string of the molecule is CCOC(=O)[C@](CBr)(NS(=O)(=O)c1ccc(C)cc1)C(F)(F)F. The van der Waals surface area contributed by atoms with Crippen molar-refractivity contribution < 1.29 is 31.1 Å². The Morgan fingerprint density at radius 2 is 1.78 bits per heavy atom. The molecule has 0 aromatic heterocycles. The Morgan fingerprint density at radius 3 is 2.17 bits per heavy atom. The molecule has 0 aliphatic heterocycles. The first-order chi connectivity index (χ1) is 10.5. The summed E-state index contributed by atoms with van der Waals surface area (Å²) >= 11 is 2.57. The van der Waals surface area contributed by atoms with Gasteiger partial charge < -0.3 is 4.74 Å². The fraction of sp³-hybridized carbons (Fsp3) is 0.462. The van der Waals surface area contributed by atoms with E-state index in [1.54, 1.807) is 6.92 Å². The van der Waals surface area contributed by atoms with Gasteiger partial charge in [0.15, 0.2) is 0 Å². The molecule has 0 saturated heterocycles. The summed E-state index contributed by atoms with van der Waals surface area (Å²) in [7, 11) is -4.59. The van der Waals surface area contributed by atoms with Crippen LogP contribution >= 0.6 is 15.9 Å². The van der Waals surface area contributed by atoms with Gasteiger partial charge in [-0.3, -0.25) is 0 Å². The average molecular weight is 418 g/mol. The van der Waals surface area contributed by atoms with Gasteiger partial charge in [0.25, 0.3) is 0 Å². The Morgan fingerprint density at radius 1 is 1.26 bits per heavy atom. The van der Waals surface area contributed by atoms with Crippen molar-refractivity contribution in [2.24, 2.45) is 0 Å². The second kappa shape index (κ2) is 7.18. The number of carbonyl (C=O) groups excluding carboxylic acids is 1. The van der Waals surface area contributed by atoms with Crippen LogP contribution in [0.15, 0.2) is 29.2 Å². The van der Waals surface area contributed by atoms with Gasteiger partial charge in [-0.15, -0.1) is 0 Å². The molecule has 0 fully saturated rings. The minimum absolute atomic E-state index is 0.323. The van der Waals surface area contributed by atoms with Crippen molar-refractivity contribution in [1.29, 1.82) is 0 Å². The van der Waals surface area contributed by atoms with Crippen LogP contribution in [0.1, 0.15) is 12.5 Å². The fourth-order valence-corrected chi connectivity index (χ4v) is 3.85. The van der Waals surface area contributed by atoms with Crippen molar-refractivity contribution in [2.75, 3.05) is 11.9 Å². The molecular formula is C13H15BrF3NO4S. The molecule has 0 aliphatic rings. The molecule has 0 heterocycles. The number of sulfonamides is 1. The summed E-state index contributed by atoms with van der Waals surface area (Å²) in [5.41, 5.74) is -2.68. The van der Waals surface area contributed by atoms with Crippen molar-refractivity contribution in [3.05, 3.63) is 29.8 Å². The lowest BCUT2D eigenvalue weighted by atomic mass is 10.0. The third kappa shape index (κ3) is 4.24. The summed E-state index contributed by atoms with van der Waals surface area (Å²) in [6.07, 6.45) is -5.19. The van der Waals surface area contributed by atoms with Crippen LogP contribution in [0.4, 0.5) is 13.2 Å². The highest BCUT2D eigenvalue weighted by molar-refractivity contribution is 9.09. The quantitative estimate of drug-likeness (QED) is 0.570. The van der Waals surface area contributed by atoms with Crippen LogP contribution < -0.4 is 4.72 Å². The molecule has 0 amide bonds. The molecule has 1 atom stereocenters. The maximum absolute atomic E-state index is 13.4. The Balaban J connectivity index is 3.34. The van der Waals surface area contributed by atoms with Crippen LogP contribution in [0.2, 0.25) is 0 Å². The summed E-state index contributed by atoms with van der Waals surface area (Å²) in [5.74, 6) is -1.72. The Bertz CT molecular complexity index is 661. The van der Waals surface area contributed by atoms with Gasteiger partial charge in [-0.25, -0.2) is 13.2 Å². The van der Waals surface area contributed by atoms with Gasteiger partial charge in [0.1, 0.15) is 0 Å². The summed E-state index contributed by atoms with van der Waals surface area (Å²) in [6.45, 7) is 2.69. The van der Waals surface area contributed by atoms with E-state index in [4.69, 9.17) is 0 Å². The van der Waals surface area contributed by atoms with Crippen molar-refractivity contribution >= 4 is 31.9 Å². The van der Waals surface area contributed by atoms with E-state index in [2.05, 4.69) is 20.7 Å². The predicted molar refractivity (Wildman–Crippen MR) is 80.7 cm³/mol. The molecule has 1 aromatic rings. The van der Waals surface area contributed by atoms with Crippen LogP contribution in [-0.2, 0) is 19.6 Å². The fourth-order valence-electron chi connectivity index (χ4n) is 1.63. The zero-order valence-corrected chi connectivity index (χ0v) is 14.7.